The first-order valence-electron chi connectivity index (χ1n) is 15.1. The Morgan fingerprint density at radius 2 is 1.67 bits per heavy atom. The number of benzene rings is 1. The van der Waals surface area contributed by atoms with Crippen LogP contribution in [0.5, 0.6) is 0 Å². The quantitative estimate of drug-likeness (QED) is 0.380. The minimum Gasteiger partial charge on any atom is -0.351 e. The SMILES string of the molecule is CC(C)n1c(=O)c(-c2ccc(NS(=O)(=O)C3C4CCC3CC4)c(F)c2)nc2cnc(NC3CCC(N(C)C)CC3)nc21. The zero-order chi connectivity index (χ0) is 29.8. The van der Waals surface area contributed by atoms with Gasteiger partial charge in [0.1, 0.15) is 17.0 Å². The van der Waals surface area contributed by atoms with Gasteiger partial charge in [-0.1, -0.05) is 6.07 Å². The smallest absolute Gasteiger partial charge is 0.278 e. The van der Waals surface area contributed by atoms with Gasteiger partial charge in [-0.3, -0.25) is 14.1 Å². The molecule has 10 nitrogen and oxygen atoms in total. The van der Waals surface area contributed by atoms with Crippen molar-refractivity contribution in [2.75, 3.05) is 24.1 Å². The van der Waals surface area contributed by atoms with E-state index in [4.69, 9.17) is 0 Å². The summed E-state index contributed by atoms with van der Waals surface area (Å²) in [7, 11) is 0.504. The monoisotopic (exact) mass is 597 g/mol. The van der Waals surface area contributed by atoms with E-state index in [1.807, 2.05) is 13.8 Å². The molecule has 2 aromatic heterocycles. The van der Waals surface area contributed by atoms with Crippen LogP contribution in [0.3, 0.4) is 0 Å². The third-order valence-electron chi connectivity index (χ3n) is 9.51. The van der Waals surface area contributed by atoms with Gasteiger partial charge in [0.05, 0.1) is 17.1 Å². The first-order chi connectivity index (χ1) is 20.0. The topological polar surface area (TPSA) is 122 Å². The molecule has 0 unspecified atom stereocenters. The summed E-state index contributed by atoms with van der Waals surface area (Å²) >= 11 is 0. The fourth-order valence-electron chi connectivity index (χ4n) is 7.32. The molecular weight excluding hydrogens is 557 g/mol. The predicted molar refractivity (Wildman–Crippen MR) is 163 cm³/mol. The van der Waals surface area contributed by atoms with Gasteiger partial charge in [-0.25, -0.2) is 22.8 Å². The standard InChI is InChI=1S/C30H40FN7O3S/c1-17(2)38-28-25(16-32-30(35-28)33-21-10-12-22(13-11-21)37(3)4)34-26(29(38)39)20-9-14-24(23(31)15-20)36-42(40,41)27-18-5-6-19(27)8-7-18/h9,14-19,21-22,27,36H,5-8,10-13H2,1-4H3,(H,32,33,35). The average molecular weight is 598 g/mol. The van der Waals surface area contributed by atoms with Crippen LogP contribution < -0.4 is 15.6 Å². The molecule has 42 heavy (non-hydrogen) atoms. The largest absolute Gasteiger partial charge is 0.351 e. The van der Waals surface area contributed by atoms with E-state index >= 15 is 4.39 Å². The number of halogens is 1. The van der Waals surface area contributed by atoms with Crippen molar-refractivity contribution in [3.63, 3.8) is 0 Å². The second-order valence-corrected chi connectivity index (χ2v) is 14.6. The Morgan fingerprint density at radius 3 is 2.26 bits per heavy atom. The number of hydrogen-bond acceptors (Lipinski definition) is 8. The van der Waals surface area contributed by atoms with Gasteiger partial charge in [-0.2, -0.15) is 4.98 Å². The lowest BCUT2D eigenvalue weighted by atomic mass is 9.91. The molecule has 2 heterocycles. The molecular formula is C30H40FN7O3S. The third-order valence-corrected chi connectivity index (χ3v) is 11.5. The maximum atomic E-state index is 15.3. The maximum absolute atomic E-state index is 15.3. The highest BCUT2D eigenvalue weighted by Gasteiger charge is 2.49. The molecule has 2 N–H and O–H groups in total. The highest BCUT2D eigenvalue weighted by molar-refractivity contribution is 7.93. The van der Waals surface area contributed by atoms with E-state index in [1.54, 1.807) is 10.8 Å². The summed E-state index contributed by atoms with van der Waals surface area (Å²) in [6, 6.07) is 4.67. The Balaban J connectivity index is 1.27. The predicted octanol–water partition coefficient (Wildman–Crippen LogP) is 4.79. The van der Waals surface area contributed by atoms with Gasteiger partial charge < -0.3 is 10.2 Å². The van der Waals surface area contributed by atoms with Crippen LogP contribution in [-0.4, -0.2) is 64.3 Å². The van der Waals surface area contributed by atoms with Crippen LogP contribution in [0, 0.1) is 17.7 Å². The van der Waals surface area contributed by atoms with Crippen LogP contribution in [-0.2, 0) is 10.0 Å². The van der Waals surface area contributed by atoms with Gasteiger partial charge in [0.15, 0.2) is 5.65 Å². The maximum Gasteiger partial charge on any atom is 0.278 e. The Morgan fingerprint density at radius 1 is 1.00 bits per heavy atom. The van der Waals surface area contributed by atoms with Gasteiger partial charge >= 0.3 is 0 Å². The normalized spacial score (nSPS) is 25.9. The van der Waals surface area contributed by atoms with Crippen LogP contribution >= 0.6 is 0 Å². The zero-order valence-corrected chi connectivity index (χ0v) is 25.5. The molecule has 3 saturated carbocycles. The van der Waals surface area contributed by atoms with E-state index in [-0.39, 0.29) is 40.9 Å². The summed E-state index contributed by atoms with van der Waals surface area (Å²) in [4.78, 5) is 29.7. The molecule has 0 atom stereocenters. The minimum absolute atomic E-state index is 0.0599. The van der Waals surface area contributed by atoms with E-state index in [0.29, 0.717) is 23.2 Å². The molecule has 1 aromatic carbocycles. The zero-order valence-electron chi connectivity index (χ0n) is 24.7. The molecule has 0 aliphatic heterocycles. The summed E-state index contributed by atoms with van der Waals surface area (Å²) in [6.45, 7) is 3.77. The number of anilines is 2. The summed E-state index contributed by atoms with van der Waals surface area (Å²) in [5.74, 6) is -0.0135. The summed E-state index contributed by atoms with van der Waals surface area (Å²) in [5.41, 5.74) is 0.635. The van der Waals surface area contributed by atoms with Gasteiger partial charge in [0, 0.05) is 23.7 Å². The van der Waals surface area contributed by atoms with Crippen molar-refractivity contribution >= 4 is 32.8 Å². The van der Waals surface area contributed by atoms with Crippen LogP contribution in [0.1, 0.15) is 71.3 Å². The number of aromatic nitrogens is 4. The average Bonchev–Trinajstić information content (AvgIpc) is 3.56. The molecule has 0 spiro atoms. The molecule has 0 radical (unpaired) electrons. The van der Waals surface area contributed by atoms with Gasteiger partial charge in [-0.05, 0) is 103 Å². The van der Waals surface area contributed by atoms with Crippen LogP contribution in [0.15, 0.2) is 29.2 Å². The number of rotatable bonds is 8. The van der Waals surface area contributed by atoms with Crippen molar-refractivity contribution in [1.29, 1.82) is 0 Å². The highest BCUT2D eigenvalue weighted by atomic mass is 32.2. The third kappa shape index (κ3) is 5.39. The van der Waals surface area contributed by atoms with Gasteiger partial charge in [-0.15, -0.1) is 0 Å². The Kier molecular flexibility index (Phi) is 7.71. The van der Waals surface area contributed by atoms with Crippen LogP contribution in [0.25, 0.3) is 22.4 Å². The fraction of sp³-hybridized carbons (Fsp3) is 0.600. The minimum atomic E-state index is -3.72. The second kappa shape index (κ2) is 11.2. The lowest BCUT2D eigenvalue weighted by Gasteiger charge is -2.32. The van der Waals surface area contributed by atoms with E-state index < -0.39 is 26.6 Å². The number of sulfonamides is 1. The molecule has 0 amide bonds. The van der Waals surface area contributed by atoms with Crippen LogP contribution in [0.2, 0.25) is 0 Å². The summed E-state index contributed by atoms with van der Waals surface area (Å²) in [6.07, 6.45) is 9.44. The van der Waals surface area contributed by atoms with Crippen LogP contribution in [0.4, 0.5) is 16.0 Å². The number of fused-ring (bicyclic) bond motifs is 3. The lowest BCUT2D eigenvalue weighted by Crippen LogP contribution is -2.36. The van der Waals surface area contributed by atoms with Crippen molar-refractivity contribution in [3.8, 4) is 11.3 Å². The van der Waals surface area contributed by atoms with Gasteiger partial charge in [0.25, 0.3) is 5.56 Å². The van der Waals surface area contributed by atoms with E-state index in [9.17, 15) is 13.2 Å². The Bertz CT molecular complexity index is 1630. The Labute approximate surface area is 246 Å². The van der Waals surface area contributed by atoms with Crippen molar-refractivity contribution in [1.82, 2.24) is 24.4 Å². The second-order valence-electron chi connectivity index (χ2n) is 12.7. The molecule has 3 fully saturated rings. The number of nitrogens with zero attached hydrogens (tertiary/aromatic N) is 5. The first-order valence-corrected chi connectivity index (χ1v) is 16.6. The fourth-order valence-corrected chi connectivity index (χ4v) is 9.48. The first kappa shape index (κ1) is 29.0. The van der Waals surface area contributed by atoms with E-state index in [0.717, 1.165) is 51.4 Å². The summed E-state index contributed by atoms with van der Waals surface area (Å²) < 4.78 is 45.6. The number of hydrogen-bond donors (Lipinski definition) is 2. The molecule has 226 valence electrons. The molecule has 0 saturated heterocycles. The van der Waals surface area contributed by atoms with E-state index in [1.165, 1.54) is 18.2 Å². The van der Waals surface area contributed by atoms with Crippen molar-refractivity contribution in [3.05, 3.63) is 40.6 Å². The molecule has 3 aliphatic carbocycles. The highest BCUT2D eigenvalue weighted by Crippen LogP contribution is 2.48. The number of nitrogens with one attached hydrogen (secondary N) is 2. The Hall–Kier alpha value is -3.12. The summed E-state index contributed by atoms with van der Waals surface area (Å²) in [5, 5.41) is 2.97. The molecule has 6 rings (SSSR count). The van der Waals surface area contributed by atoms with Gasteiger partial charge in [0.2, 0.25) is 16.0 Å². The molecule has 2 bridgehead atoms. The van der Waals surface area contributed by atoms with Crippen molar-refractivity contribution in [2.45, 2.75) is 88.6 Å². The molecule has 3 aliphatic rings. The van der Waals surface area contributed by atoms with Crippen molar-refractivity contribution in [2.24, 2.45) is 11.8 Å². The van der Waals surface area contributed by atoms with E-state index in [2.05, 4.69) is 44.0 Å². The molecule has 12 heteroatoms. The molecule has 3 aromatic rings. The lowest BCUT2D eigenvalue weighted by molar-refractivity contribution is 0.221. The van der Waals surface area contributed by atoms with Crippen molar-refractivity contribution < 1.29 is 12.8 Å².